The average molecular weight is 513 g/mol. The van der Waals surface area contributed by atoms with Crippen molar-refractivity contribution in [1.82, 2.24) is 4.90 Å². The van der Waals surface area contributed by atoms with Crippen LogP contribution in [0.5, 0.6) is 11.5 Å². The molecule has 8 heteroatoms. The Labute approximate surface area is 220 Å². The molecule has 8 nitrogen and oxygen atoms in total. The molecule has 0 radical (unpaired) electrons. The molecule has 2 aromatic carbocycles. The molecule has 0 N–H and O–H groups in total. The van der Waals surface area contributed by atoms with Gasteiger partial charge in [-0.15, -0.1) is 0 Å². The Kier molecular flexibility index (Phi) is 10.5. The summed E-state index contributed by atoms with van der Waals surface area (Å²) in [6.45, 7) is 6.91. The van der Waals surface area contributed by atoms with Crippen molar-refractivity contribution in [3.05, 3.63) is 53.6 Å². The molecule has 3 rings (SSSR count). The Morgan fingerprint density at radius 3 is 2.32 bits per heavy atom. The van der Waals surface area contributed by atoms with Crippen LogP contribution in [-0.4, -0.2) is 50.6 Å². The zero-order valence-corrected chi connectivity index (χ0v) is 22.7. The van der Waals surface area contributed by atoms with Crippen molar-refractivity contribution in [2.24, 2.45) is 0 Å². The first-order chi connectivity index (χ1) is 17.9. The minimum absolute atomic E-state index is 0.230. The quantitative estimate of drug-likeness (QED) is 0.311. The summed E-state index contributed by atoms with van der Waals surface area (Å²) in [6.07, 6.45) is 3.79. The standard InChI is InChI=1S/C29H40N2O6/c1-6-8-9-13-16-37-29(33)31-21(3)17-24(23-18-26(34-4)27(35-5)19-25(23)31)30(28(32)36-7-2)20-22-14-11-10-12-15-22/h10-12,14-15,18-19,21,24H,6-9,13,16-17,20H2,1-5H3. The number of anilines is 1. The van der Waals surface area contributed by atoms with Crippen molar-refractivity contribution in [3.8, 4) is 11.5 Å². The maximum Gasteiger partial charge on any atom is 0.414 e. The lowest BCUT2D eigenvalue weighted by Gasteiger charge is -2.42. The zero-order valence-electron chi connectivity index (χ0n) is 22.7. The molecule has 2 amide bonds. The van der Waals surface area contributed by atoms with Gasteiger partial charge in [0.05, 0.1) is 39.2 Å². The Morgan fingerprint density at radius 2 is 1.68 bits per heavy atom. The summed E-state index contributed by atoms with van der Waals surface area (Å²) in [5.41, 5.74) is 2.41. The molecule has 0 saturated carbocycles. The van der Waals surface area contributed by atoms with Crippen molar-refractivity contribution in [3.63, 3.8) is 0 Å². The number of carbonyl (C=O) groups is 2. The van der Waals surface area contributed by atoms with Crippen LogP contribution in [-0.2, 0) is 16.0 Å². The average Bonchev–Trinajstić information content (AvgIpc) is 2.91. The molecule has 0 bridgehead atoms. The number of ether oxygens (including phenoxy) is 4. The number of hydrogen-bond acceptors (Lipinski definition) is 6. The van der Waals surface area contributed by atoms with E-state index in [0.29, 0.717) is 36.8 Å². The fraction of sp³-hybridized carbons (Fsp3) is 0.517. The molecule has 2 unspecified atom stereocenters. The summed E-state index contributed by atoms with van der Waals surface area (Å²) in [5, 5.41) is 0. The molecule has 202 valence electrons. The van der Waals surface area contributed by atoms with E-state index in [-0.39, 0.29) is 18.7 Å². The van der Waals surface area contributed by atoms with Crippen LogP contribution in [0, 0.1) is 0 Å². The topological polar surface area (TPSA) is 77.5 Å². The number of amides is 2. The van der Waals surface area contributed by atoms with Crippen molar-refractivity contribution < 1.29 is 28.5 Å². The predicted octanol–water partition coefficient (Wildman–Crippen LogP) is 6.72. The molecule has 2 aromatic rings. The van der Waals surface area contributed by atoms with Gasteiger partial charge in [-0.05, 0) is 38.3 Å². The summed E-state index contributed by atoms with van der Waals surface area (Å²) in [4.78, 5) is 29.9. The van der Waals surface area contributed by atoms with Crippen LogP contribution in [0.1, 0.15) is 70.0 Å². The molecule has 1 aliphatic heterocycles. The number of fused-ring (bicyclic) bond motifs is 1. The van der Waals surface area contributed by atoms with Gasteiger partial charge in [0.25, 0.3) is 0 Å². The molecule has 2 atom stereocenters. The molecular formula is C29H40N2O6. The second-order valence-corrected chi connectivity index (χ2v) is 9.22. The van der Waals surface area contributed by atoms with Crippen molar-refractivity contribution in [2.45, 2.75) is 71.5 Å². The third-order valence-electron chi connectivity index (χ3n) is 6.65. The Hall–Kier alpha value is -3.42. The second kappa shape index (κ2) is 13.8. The molecular weight excluding hydrogens is 472 g/mol. The van der Waals surface area contributed by atoms with E-state index in [1.165, 1.54) is 0 Å². The van der Waals surface area contributed by atoms with Gasteiger partial charge in [0.15, 0.2) is 11.5 Å². The normalized spacial score (nSPS) is 16.5. The van der Waals surface area contributed by atoms with Gasteiger partial charge >= 0.3 is 12.2 Å². The molecule has 37 heavy (non-hydrogen) atoms. The lowest BCUT2D eigenvalue weighted by atomic mass is 9.90. The number of benzene rings is 2. The molecule has 1 heterocycles. The maximum absolute atomic E-state index is 13.3. The third kappa shape index (κ3) is 6.87. The van der Waals surface area contributed by atoms with E-state index in [2.05, 4.69) is 6.92 Å². The second-order valence-electron chi connectivity index (χ2n) is 9.22. The molecule has 0 aromatic heterocycles. The Bertz CT molecular complexity index is 1030. The Balaban J connectivity index is 2.01. The number of hydrogen-bond donors (Lipinski definition) is 0. The fourth-order valence-corrected chi connectivity index (χ4v) is 4.77. The van der Waals surface area contributed by atoms with Gasteiger partial charge < -0.3 is 18.9 Å². The van der Waals surface area contributed by atoms with Gasteiger partial charge in [0, 0.05) is 24.2 Å². The Morgan fingerprint density at radius 1 is 0.973 bits per heavy atom. The maximum atomic E-state index is 13.3. The molecule has 0 saturated heterocycles. The van der Waals surface area contributed by atoms with Gasteiger partial charge in [-0.2, -0.15) is 0 Å². The van der Waals surface area contributed by atoms with E-state index in [4.69, 9.17) is 18.9 Å². The van der Waals surface area contributed by atoms with Crippen molar-refractivity contribution in [2.75, 3.05) is 32.3 Å². The van der Waals surface area contributed by atoms with Crippen LogP contribution in [0.4, 0.5) is 15.3 Å². The van der Waals surface area contributed by atoms with Gasteiger partial charge in [0.2, 0.25) is 0 Å². The van der Waals surface area contributed by atoms with Crippen molar-refractivity contribution in [1.29, 1.82) is 0 Å². The van der Waals surface area contributed by atoms with Crippen LogP contribution in [0.15, 0.2) is 42.5 Å². The minimum atomic E-state index is -0.406. The first-order valence-corrected chi connectivity index (χ1v) is 13.1. The van der Waals surface area contributed by atoms with Crippen LogP contribution < -0.4 is 14.4 Å². The summed E-state index contributed by atoms with van der Waals surface area (Å²) in [7, 11) is 3.13. The molecule has 0 spiro atoms. The van der Waals surface area contributed by atoms with Crippen LogP contribution in [0.2, 0.25) is 0 Å². The number of unbranched alkanes of at least 4 members (excludes halogenated alkanes) is 3. The zero-order chi connectivity index (χ0) is 26.8. The largest absolute Gasteiger partial charge is 0.493 e. The highest BCUT2D eigenvalue weighted by molar-refractivity contribution is 5.91. The first-order valence-electron chi connectivity index (χ1n) is 13.1. The predicted molar refractivity (Wildman–Crippen MR) is 143 cm³/mol. The summed E-state index contributed by atoms with van der Waals surface area (Å²) in [6, 6.07) is 12.9. The highest BCUT2D eigenvalue weighted by Gasteiger charge is 2.40. The van der Waals surface area contributed by atoms with Crippen molar-refractivity contribution >= 4 is 17.9 Å². The van der Waals surface area contributed by atoms with E-state index in [0.717, 1.165) is 36.8 Å². The van der Waals surface area contributed by atoms with Gasteiger partial charge in [0.1, 0.15) is 0 Å². The number of carbonyl (C=O) groups excluding carboxylic acids is 2. The SMILES string of the molecule is CCCCCCOC(=O)N1c2cc(OC)c(OC)cc2C(N(Cc2ccccc2)C(=O)OCC)CC1C. The van der Waals surface area contributed by atoms with E-state index in [1.807, 2.05) is 43.3 Å². The first kappa shape index (κ1) is 28.2. The molecule has 0 fully saturated rings. The summed E-state index contributed by atoms with van der Waals surface area (Å²) >= 11 is 0. The van der Waals surface area contributed by atoms with Crippen LogP contribution in [0.3, 0.4) is 0 Å². The van der Waals surface area contributed by atoms with E-state index >= 15 is 0 Å². The van der Waals surface area contributed by atoms with Gasteiger partial charge in [-0.25, -0.2) is 9.59 Å². The highest BCUT2D eigenvalue weighted by Crippen LogP contribution is 2.46. The van der Waals surface area contributed by atoms with Crippen LogP contribution >= 0.6 is 0 Å². The van der Waals surface area contributed by atoms with Gasteiger partial charge in [-0.1, -0.05) is 56.5 Å². The monoisotopic (exact) mass is 512 g/mol. The summed E-state index contributed by atoms with van der Waals surface area (Å²) < 4.78 is 22.3. The van der Waals surface area contributed by atoms with E-state index in [9.17, 15) is 9.59 Å². The highest BCUT2D eigenvalue weighted by atomic mass is 16.6. The smallest absolute Gasteiger partial charge is 0.414 e. The third-order valence-corrected chi connectivity index (χ3v) is 6.65. The lowest BCUT2D eigenvalue weighted by molar-refractivity contribution is 0.0808. The number of methoxy groups -OCH3 is 2. The van der Waals surface area contributed by atoms with E-state index < -0.39 is 12.2 Å². The molecule has 0 aliphatic carbocycles. The van der Waals surface area contributed by atoms with E-state index in [1.54, 1.807) is 37.0 Å². The molecule has 1 aliphatic rings. The lowest BCUT2D eigenvalue weighted by Crippen LogP contribution is -2.47. The minimum Gasteiger partial charge on any atom is -0.493 e. The summed E-state index contributed by atoms with van der Waals surface area (Å²) in [5.74, 6) is 1.03. The fourth-order valence-electron chi connectivity index (χ4n) is 4.77. The number of rotatable bonds is 11. The van der Waals surface area contributed by atoms with Gasteiger partial charge in [-0.3, -0.25) is 9.80 Å². The number of nitrogens with zero attached hydrogens (tertiary/aromatic N) is 2. The van der Waals surface area contributed by atoms with Crippen LogP contribution in [0.25, 0.3) is 0 Å².